The fourth-order valence-electron chi connectivity index (χ4n) is 3.56. The molecule has 0 aromatic carbocycles. The topological polar surface area (TPSA) is 42.0 Å². The van der Waals surface area contributed by atoms with Crippen molar-refractivity contribution in [2.75, 3.05) is 52.6 Å². The lowest BCUT2D eigenvalue weighted by molar-refractivity contribution is -0.140. The van der Waals surface area contributed by atoms with Crippen LogP contribution in [-0.2, 0) is 14.3 Å². The van der Waals surface area contributed by atoms with E-state index in [-0.39, 0.29) is 11.9 Å². The van der Waals surface area contributed by atoms with E-state index in [2.05, 4.69) is 4.90 Å². The van der Waals surface area contributed by atoms with E-state index in [0.29, 0.717) is 45.2 Å². The monoisotopic (exact) mass is 300 g/mol. The van der Waals surface area contributed by atoms with Crippen molar-refractivity contribution in [1.29, 1.82) is 0 Å². The summed E-state index contributed by atoms with van der Waals surface area (Å²) >= 11 is 0. The van der Waals surface area contributed by atoms with Crippen LogP contribution in [0.25, 0.3) is 0 Å². The standard InChI is InChI=1S/C15H25FN2O3/c16-13-9-14(15(19)17-3-7-21-8-4-17)18(11-13)10-12-1-5-20-6-2-12/h12-14H,1-11H2/t13-,14+/m1/s1. The Morgan fingerprint density at radius 1 is 1.10 bits per heavy atom. The van der Waals surface area contributed by atoms with Crippen LogP contribution in [0.2, 0.25) is 0 Å². The van der Waals surface area contributed by atoms with Crippen molar-refractivity contribution in [1.82, 2.24) is 9.80 Å². The number of alkyl halides is 1. The molecule has 21 heavy (non-hydrogen) atoms. The lowest BCUT2D eigenvalue weighted by Crippen LogP contribution is -2.50. The number of nitrogens with zero attached hydrogens (tertiary/aromatic N) is 2. The van der Waals surface area contributed by atoms with Gasteiger partial charge in [-0.2, -0.15) is 0 Å². The predicted molar refractivity (Wildman–Crippen MR) is 75.8 cm³/mol. The quantitative estimate of drug-likeness (QED) is 0.769. The van der Waals surface area contributed by atoms with Gasteiger partial charge in [0, 0.05) is 45.8 Å². The van der Waals surface area contributed by atoms with Crippen molar-refractivity contribution >= 4 is 5.91 Å². The first-order valence-corrected chi connectivity index (χ1v) is 8.06. The minimum absolute atomic E-state index is 0.0884. The molecule has 3 aliphatic rings. The van der Waals surface area contributed by atoms with Gasteiger partial charge in [0.05, 0.1) is 19.3 Å². The van der Waals surface area contributed by atoms with Crippen molar-refractivity contribution < 1.29 is 18.7 Å². The third-order valence-electron chi connectivity index (χ3n) is 4.79. The first kappa shape index (κ1) is 15.2. The minimum Gasteiger partial charge on any atom is -0.381 e. The molecule has 0 saturated carbocycles. The number of halogens is 1. The Hall–Kier alpha value is -0.720. The van der Waals surface area contributed by atoms with Crippen LogP contribution in [0.5, 0.6) is 0 Å². The number of ether oxygens (including phenoxy) is 2. The van der Waals surface area contributed by atoms with Gasteiger partial charge in [0.25, 0.3) is 0 Å². The van der Waals surface area contributed by atoms with Crippen LogP contribution in [0, 0.1) is 5.92 Å². The van der Waals surface area contributed by atoms with Gasteiger partial charge in [-0.15, -0.1) is 0 Å². The molecule has 3 rings (SSSR count). The number of carbonyl (C=O) groups is 1. The average Bonchev–Trinajstić information content (AvgIpc) is 2.89. The number of likely N-dealkylation sites (tertiary alicyclic amines) is 1. The molecule has 0 spiro atoms. The fraction of sp³-hybridized carbons (Fsp3) is 0.933. The molecule has 0 bridgehead atoms. The minimum atomic E-state index is -0.875. The zero-order valence-electron chi connectivity index (χ0n) is 12.5. The largest absolute Gasteiger partial charge is 0.381 e. The van der Waals surface area contributed by atoms with E-state index >= 15 is 0 Å². The number of hydrogen-bond donors (Lipinski definition) is 0. The first-order valence-electron chi connectivity index (χ1n) is 8.06. The SMILES string of the molecule is O=C([C@@H]1C[C@@H](F)CN1CC1CCOCC1)N1CCOCC1. The van der Waals surface area contributed by atoms with Gasteiger partial charge in [-0.1, -0.05) is 0 Å². The molecule has 0 aliphatic carbocycles. The van der Waals surface area contributed by atoms with Crippen LogP contribution in [0.3, 0.4) is 0 Å². The molecule has 3 saturated heterocycles. The number of carbonyl (C=O) groups excluding carboxylic acids is 1. The van der Waals surface area contributed by atoms with E-state index in [1.165, 1.54) is 0 Å². The Balaban J connectivity index is 1.59. The van der Waals surface area contributed by atoms with Gasteiger partial charge in [0.2, 0.25) is 5.91 Å². The summed E-state index contributed by atoms with van der Waals surface area (Å²) in [5.74, 6) is 0.620. The van der Waals surface area contributed by atoms with E-state index < -0.39 is 6.17 Å². The molecular formula is C15H25FN2O3. The summed E-state index contributed by atoms with van der Waals surface area (Å²) in [4.78, 5) is 16.5. The molecule has 3 fully saturated rings. The molecule has 0 aromatic rings. The number of amides is 1. The molecule has 5 nitrogen and oxygen atoms in total. The van der Waals surface area contributed by atoms with Crippen LogP contribution >= 0.6 is 0 Å². The van der Waals surface area contributed by atoms with E-state index in [9.17, 15) is 9.18 Å². The van der Waals surface area contributed by atoms with Crippen LogP contribution < -0.4 is 0 Å². The second-order valence-electron chi connectivity index (χ2n) is 6.30. The summed E-state index contributed by atoms with van der Waals surface area (Å²) in [7, 11) is 0. The molecule has 1 amide bonds. The van der Waals surface area contributed by atoms with Crippen molar-refractivity contribution in [3.63, 3.8) is 0 Å². The molecular weight excluding hydrogens is 275 g/mol. The van der Waals surface area contributed by atoms with Gasteiger partial charge < -0.3 is 14.4 Å². The zero-order chi connectivity index (χ0) is 14.7. The van der Waals surface area contributed by atoms with Crippen molar-refractivity contribution in [3.8, 4) is 0 Å². The predicted octanol–water partition coefficient (Wildman–Crippen LogP) is 0.684. The average molecular weight is 300 g/mol. The highest BCUT2D eigenvalue weighted by atomic mass is 19.1. The maximum Gasteiger partial charge on any atom is 0.240 e. The zero-order valence-corrected chi connectivity index (χ0v) is 12.5. The van der Waals surface area contributed by atoms with Crippen LogP contribution in [-0.4, -0.2) is 80.5 Å². The Morgan fingerprint density at radius 3 is 2.48 bits per heavy atom. The van der Waals surface area contributed by atoms with Gasteiger partial charge in [-0.25, -0.2) is 4.39 Å². The summed E-state index contributed by atoms with van der Waals surface area (Å²) in [5, 5.41) is 0. The Morgan fingerprint density at radius 2 is 1.76 bits per heavy atom. The van der Waals surface area contributed by atoms with Crippen molar-refractivity contribution in [3.05, 3.63) is 0 Å². The van der Waals surface area contributed by atoms with E-state index in [1.54, 1.807) is 0 Å². The second-order valence-corrected chi connectivity index (χ2v) is 6.30. The molecule has 3 aliphatic heterocycles. The summed E-state index contributed by atoms with van der Waals surface area (Å²) in [6, 6.07) is -0.277. The summed E-state index contributed by atoms with van der Waals surface area (Å²) in [6.45, 7) is 5.27. The van der Waals surface area contributed by atoms with Gasteiger partial charge in [0.15, 0.2) is 0 Å². The van der Waals surface area contributed by atoms with Crippen molar-refractivity contribution in [2.24, 2.45) is 5.92 Å². The highest BCUT2D eigenvalue weighted by Gasteiger charge is 2.40. The van der Waals surface area contributed by atoms with E-state index in [0.717, 1.165) is 32.6 Å². The van der Waals surface area contributed by atoms with Gasteiger partial charge in [-0.3, -0.25) is 9.69 Å². The van der Waals surface area contributed by atoms with Crippen LogP contribution in [0.1, 0.15) is 19.3 Å². The Bertz CT molecular complexity index is 357. The van der Waals surface area contributed by atoms with E-state index in [1.807, 2.05) is 4.90 Å². The molecule has 0 radical (unpaired) electrons. The molecule has 0 unspecified atom stereocenters. The normalized spacial score (nSPS) is 32.5. The number of morpholine rings is 1. The highest BCUT2D eigenvalue weighted by molar-refractivity contribution is 5.82. The molecule has 6 heteroatoms. The summed E-state index contributed by atoms with van der Waals surface area (Å²) < 4.78 is 24.5. The maximum atomic E-state index is 13.8. The third-order valence-corrected chi connectivity index (χ3v) is 4.79. The van der Waals surface area contributed by atoms with Gasteiger partial charge >= 0.3 is 0 Å². The fourth-order valence-corrected chi connectivity index (χ4v) is 3.56. The second kappa shape index (κ2) is 7.03. The number of hydrogen-bond acceptors (Lipinski definition) is 4. The third kappa shape index (κ3) is 3.73. The molecule has 3 heterocycles. The highest BCUT2D eigenvalue weighted by Crippen LogP contribution is 2.26. The van der Waals surface area contributed by atoms with Crippen LogP contribution in [0.15, 0.2) is 0 Å². The molecule has 120 valence electrons. The molecule has 2 atom stereocenters. The van der Waals surface area contributed by atoms with E-state index in [4.69, 9.17) is 9.47 Å². The van der Waals surface area contributed by atoms with Crippen molar-refractivity contribution in [2.45, 2.75) is 31.5 Å². The summed E-state index contributed by atoms with van der Waals surface area (Å²) in [6.07, 6.45) is 1.51. The van der Waals surface area contributed by atoms with Gasteiger partial charge in [-0.05, 0) is 18.8 Å². The van der Waals surface area contributed by atoms with Gasteiger partial charge in [0.1, 0.15) is 6.17 Å². The van der Waals surface area contributed by atoms with Crippen LogP contribution in [0.4, 0.5) is 4.39 Å². The Kier molecular flexibility index (Phi) is 5.08. The lowest BCUT2D eigenvalue weighted by Gasteiger charge is -2.34. The Labute approximate surface area is 125 Å². The smallest absolute Gasteiger partial charge is 0.240 e. The molecule has 0 N–H and O–H groups in total. The molecule has 0 aromatic heterocycles. The first-order chi connectivity index (χ1) is 10.2. The number of rotatable bonds is 3. The summed E-state index contributed by atoms with van der Waals surface area (Å²) in [5.41, 5.74) is 0. The maximum absolute atomic E-state index is 13.8. The lowest BCUT2D eigenvalue weighted by atomic mass is 9.99.